The Morgan fingerprint density at radius 2 is 1.15 bits per heavy atom. The molecule has 0 spiro atoms. The molecule has 0 aliphatic rings. The van der Waals surface area contributed by atoms with Crippen LogP contribution in [0.4, 0.5) is 0 Å². The summed E-state index contributed by atoms with van der Waals surface area (Å²) in [6.45, 7) is 19.9. The van der Waals surface area contributed by atoms with Crippen LogP contribution in [0, 0.1) is 0 Å². The molecule has 0 saturated heterocycles. The molecule has 0 N–H and O–H groups in total. The Hall–Kier alpha value is 0.611. The SMILES string of the molecule is C[SiH](C)CN([Si](C)(C)C)[Si](C)(C)C. The van der Waals surface area contributed by atoms with Crippen LogP contribution in [0.15, 0.2) is 0 Å². The van der Waals surface area contributed by atoms with Crippen LogP contribution in [-0.2, 0) is 0 Å². The van der Waals surface area contributed by atoms with Gasteiger partial charge in [-0.25, -0.2) is 0 Å². The Bertz CT molecular complexity index is 141. The monoisotopic (exact) mass is 233 g/mol. The molecule has 1 nitrogen and oxygen atoms in total. The van der Waals surface area contributed by atoms with Crippen molar-refractivity contribution in [2.75, 3.05) is 6.17 Å². The second kappa shape index (κ2) is 4.42. The number of nitrogens with zero attached hydrogens (tertiary/aromatic N) is 1. The number of hydrogen-bond acceptors (Lipinski definition) is 1. The molecule has 0 aliphatic carbocycles. The van der Waals surface area contributed by atoms with Crippen LogP contribution in [0.3, 0.4) is 0 Å². The van der Waals surface area contributed by atoms with E-state index in [9.17, 15) is 0 Å². The maximum atomic E-state index is 2.91. The van der Waals surface area contributed by atoms with Gasteiger partial charge in [-0.3, -0.25) is 0 Å². The smallest absolute Gasteiger partial charge is 0.112 e. The van der Waals surface area contributed by atoms with Crippen molar-refractivity contribution < 1.29 is 0 Å². The lowest BCUT2D eigenvalue weighted by molar-refractivity contribution is 0.715. The van der Waals surface area contributed by atoms with Gasteiger partial charge in [-0.1, -0.05) is 52.4 Å². The van der Waals surface area contributed by atoms with Crippen molar-refractivity contribution >= 4 is 25.3 Å². The summed E-state index contributed by atoms with van der Waals surface area (Å²) in [5.41, 5.74) is 0. The van der Waals surface area contributed by atoms with E-state index >= 15 is 0 Å². The van der Waals surface area contributed by atoms with Gasteiger partial charge >= 0.3 is 0 Å². The van der Waals surface area contributed by atoms with Gasteiger partial charge in [-0.05, 0) is 6.17 Å². The number of rotatable bonds is 4. The van der Waals surface area contributed by atoms with Crippen molar-refractivity contribution in [2.45, 2.75) is 52.4 Å². The van der Waals surface area contributed by atoms with Gasteiger partial charge in [0.15, 0.2) is 0 Å². The highest BCUT2D eigenvalue weighted by Gasteiger charge is 2.34. The summed E-state index contributed by atoms with van der Waals surface area (Å²) in [7, 11) is -2.54. The van der Waals surface area contributed by atoms with E-state index in [1.54, 1.807) is 0 Å². The first-order valence-electron chi connectivity index (χ1n) is 5.33. The van der Waals surface area contributed by atoms with E-state index in [1.165, 1.54) is 6.17 Å². The normalized spacial score (nSPS) is 14.3. The molecular formula is C9H27NSi3. The van der Waals surface area contributed by atoms with Crippen LogP contribution < -0.4 is 0 Å². The zero-order valence-electron chi connectivity index (χ0n) is 10.7. The lowest BCUT2D eigenvalue weighted by atomic mass is 11.5. The maximum absolute atomic E-state index is 2.91. The fourth-order valence-corrected chi connectivity index (χ4v) is 17.3. The van der Waals surface area contributed by atoms with Crippen LogP contribution in [-0.4, -0.2) is 35.7 Å². The zero-order valence-corrected chi connectivity index (χ0v) is 13.9. The van der Waals surface area contributed by atoms with Crippen molar-refractivity contribution in [2.24, 2.45) is 0 Å². The van der Waals surface area contributed by atoms with Gasteiger partial charge in [-0.2, -0.15) is 0 Å². The van der Waals surface area contributed by atoms with Crippen LogP contribution in [0.5, 0.6) is 0 Å². The standard InChI is InChI=1S/C9H27NSi3/c1-11(2)9-10(12(3,4)5)13(6,7)8/h11H,9H2,1-8H3. The second-order valence-corrected chi connectivity index (χ2v) is 19.7. The predicted molar refractivity (Wildman–Crippen MR) is 72.3 cm³/mol. The molecule has 0 heterocycles. The summed E-state index contributed by atoms with van der Waals surface area (Å²) in [4.78, 5) is 0. The van der Waals surface area contributed by atoms with Gasteiger partial charge in [0.05, 0.1) is 0 Å². The Balaban J connectivity index is 4.58. The molecular weight excluding hydrogens is 206 g/mol. The lowest BCUT2D eigenvalue weighted by Crippen LogP contribution is -2.61. The molecule has 0 aromatic carbocycles. The van der Waals surface area contributed by atoms with E-state index in [1.807, 2.05) is 0 Å². The Morgan fingerprint density at radius 1 is 0.846 bits per heavy atom. The molecule has 0 aliphatic heterocycles. The van der Waals surface area contributed by atoms with E-state index in [0.717, 1.165) is 0 Å². The quantitative estimate of drug-likeness (QED) is 0.675. The highest BCUT2D eigenvalue weighted by molar-refractivity contribution is 6.90. The molecule has 0 aromatic rings. The third-order valence-corrected chi connectivity index (χ3v) is 11.6. The minimum Gasteiger partial charge on any atom is -0.349 e. The van der Waals surface area contributed by atoms with Crippen LogP contribution in [0.25, 0.3) is 0 Å². The molecule has 0 amide bonds. The largest absolute Gasteiger partial charge is 0.349 e. The average Bonchev–Trinajstić information content (AvgIpc) is 1.77. The van der Waals surface area contributed by atoms with Crippen LogP contribution in [0.2, 0.25) is 52.4 Å². The van der Waals surface area contributed by atoms with Gasteiger partial charge in [0, 0.05) is 8.80 Å². The molecule has 4 heteroatoms. The van der Waals surface area contributed by atoms with Crippen molar-refractivity contribution in [1.29, 1.82) is 0 Å². The van der Waals surface area contributed by atoms with Crippen LogP contribution >= 0.6 is 0 Å². The summed E-state index contributed by atoms with van der Waals surface area (Å²) in [6.07, 6.45) is 1.44. The third kappa shape index (κ3) is 5.15. The fourth-order valence-electron chi connectivity index (χ4n) is 1.92. The molecule has 0 saturated carbocycles. The zero-order chi connectivity index (χ0) is 10.9. The third-order valence-electron chi connectivity index (χ3n) is 2.17. The van der Waals surface area contributed by atoms with E-state index in [4.69, 9.17) is 0 Å². The molecule has 0 fully saturated rings. The van der Waals surface area contributed by atoms with Crippen molar-refractivity contribution in [1.82, 2.24) is 4.23 Å². The van der Waals surface area contributed by atoms with Crippen molar-refractivity contribution in [3.63, 3.8) is 0 Å². The van der Waals surface area contributed by atoms with E-state index in [2.05, 4.69) is 56.6 Å². The molecule has 0 radical (unpaired) electrons. The lowest BCUT2D eigenvalue weighted by Gasteiger charge is -2.44. The summed E-state index contributed by atoms with van der Waals surface area (Å²) in [6, 6.07) is 0. The van der Waals surface area contributed by atoms with E-state index in [0.29, 0.717) is 0 Å². The highest BCUT2D eigenvalue weighted by atomic mass is 28.4. The van der Waals surface area contributed by atoms with Crippen molar-refractivity contribution in [3.05, 3.63) is 0 Å². The fraction of sp³-hybridized carbons (Fsp3) is 1.00. The topological polar surface area (TPSA) is 3.24 Å². The average molecular weight is 234 g/mol. The van der Waals surface area contributed by atoms with Crippen LogP contribution in [0.1, 0.15) is 0 Å². The van der Waals surface area contributed by atoms with Gasteiger partial charge in [0.25, 0.3) is 0 Å². The van der Waals surface area contributed by atoms with Gasteiger partial charge < -0.3 is 4.23 Å². The minimum absolute atomic E-state index is 0.433. The molecule has 0 bridgehead atoms. The van der Waals surface area contributed by atoms with E-state index < -0.39 is 25.3 Å². The molecule has 13 heavy (non-hydrogen) atoms. The summed E-state index contributed by atoms with van der Waals surface area (Å²) in [5.74, 6) is 0. The Labute approximate surface area is 88.3 Å². The van der Waals surface area contributed by atoms with Gasteiger partial charge in [0.2, 0.25) is 0 Å². The minimum atomic E-state index is -1.06. The summed E-state index contributed by atoms with van der Waals surface area (Å²) >= 11 is 0. The Morgan fingerprint density at radius 3 is 1.23 bits per heavy atom. The summed E-state index contributed by atoms with van der Waals surface area (Å²) in [5, 5.41) is 0. The predicted octanol–water partition coefficient (Wildman–Crippen LogP) is 2.98. The molecule has 0 atom stereocenters. The first-order chi connectivity index (χ1) is 5.55. The molecule has 0 aromatic heterocycles. The summed E-state index contributed by atoms with van der Waals surface area (Å²) < 4.78 is 2.91. The highest BCUT2D eigenvalue weighted by Crippen LogP contribution is 2.19. The first-order valence-corrected chi connectivity index (χ1v) is 15.3. The molecule has 80 valence electrons. The number of hydrogen-bond donors (Lipinski definition) is 0. The van der Waals surface area contributed by atoms with Crippen molar-refractivity contribution in [3.8, 4) is 0 Å². The second-order valence-electron chi connectivity index (χ2n) is 6.35. The molecule has 0 rings (SSSR count). The van der Waals surface area contributed by atoms with E-state index in [-0.39, 0.29) is 0 Å². The van der Waals surface area contributed by atoms with Gasteiger partial charge in [0.1, 0.15) is 16.5 Å². The molecule has 0 unspecified atom stereocenters. The maximum Gasteiger partial charge on any atom is 0.112 e. The first kappa shape index (κ1) is 13.6. The van der Waals surface area contributed by atoms with Gasteiger partial charge in [-0.15, -0.1) is 0 Å². The Kier molecular flexibility index (Phi) is 4.63.